The minimum atomic E-state index is -0.897. The molecule has 48 heavy (non-hydrogen) atoms. The van der Waals surface area contributed by atoms with Crippen LogP contribution in [-0.4, -0.2) is 65.7 Å². The number of carbonyl (C=O) groups excluding carboxylic acids is 1. The van der Waals surface area contributed by atoms with Gasteiger partial charge in [0.05, 0.1) is 29.7 Å². The monoisotopic (exact) mass is 646 g/mol. The van der Waals surface area contributed by atoms with Gasteiger partial charge in [-0.05, 0) is 98.9 Å². The van der Waals surface area contributed by atoms with Crippen LogP contribution < -0.4 is 0 Å². The van der Waals surface area contributed by atoms with Crippen molar-refractivity contribution in [1.82, 2.24) is 29.7 Å². The third kappa shape index (κ3) is 6.52. The summed E-state index contributed by atoms with van der Waals surface area (Å²) in [7, 11) is 0. The van der Waals surface area contributed by atoms with Gasteiger partial charge in [0.1, 0.15) is 17.2 Å². The second-order valence-corrected chi connectivity index (χ2v) is 13.9. The number of imidazole rings is 2. The Labute approximate surface area is 280 Å². The normalized spacial score (nSPS) is 18.6. The first kappa shape index (κ1) is 31.5. The Morgan fingerprint density at radius 2 is 1.40 bits per heavy atom. The van der Waals surface area contributed by atoms with Crippen molar-refractivity contribution in [1.29, 1.82) is 0 Å². The zero-order valence-corrected chi connectivity index (χ0v) is 27.7. The molecule has 248 valence electrons. The summed E-state index contributed by atoms with van der Waals surface area (Å²) >= 11 is 0. The number of ether oxygens (including phenoxy) is 1. The van der Waals surface area contributed by atoms with E-state index in [9.17, 15) is 14.7 Å². The summed E-state index contributed by atoms with van der Waals surface area (Å²) in [5.74, 6) is 1.49. The van der Waals surface area contributed by atoms with Gasteiger partial charge in [-0.15, -0.1) is 0 Å². The van der Waals surface area contributed by atoms with Gasteiger partial charge in [-0.2, -0.15) is 0 Å². The van der Waals surface area contributed by atoms with Crippen molar-refractivity contribution in [2.75, 3.05) is 13.1 Å². The van der Waals surface area contributed by atoms with E-state index in [0.717, 1.165) is 88.8 Å². The van der Waals surface area contributed by atoms with Crippen LogP contribution in [0.4, 0.5) is 9.59 Å². The van der Waals surface area contributed by atoms with Gasteiger partial charge in [0.15, 0.2) is 0 Å². The van der Waals surface area contributed by atoms with E-state index in [1.807, 2.05) is 31.9 Å². The van der Waals surface area contributed by atoms with Crippen LogP contribution in [0.15, 0.2) is 73.1 Å². The van der Waals surface area contributed by atoms with Gasteiger partial charge in [-0.1, -0.05) is 48.5 Å². The number of nitrogens with one attached hydrogen (secondary N) is 2. The van der Waals surface area contributed by atoms with Crippen LogP contribution in [0.5, 0.6) is 0 Å². The number of piperidine rings is 2. The molecule has 3 aromatic carbocycles. The lowest BCUT2D eigenvalue weighted by Crippen LogP contribution is -2.42. The molecule has 2 amide bonds. The molecule has 0 aliphatic carbocycles. The minimum Gasteiger partial charge on any atom is -0.465 e. The Kier molecular flexibility index (Phi) is 8.41. The average molecular weight is 647 g/mol. The number of benzene rings is 3. The largest absolute Gasteiger partial charge is 0.465 e. The number of H-pyrrole nitrogens is 2. The summed E-state index contributed by atoms with van der Waals surface area (Å²) < 4.78 is 5.69. The summed E-state index contributed by atoms with van der Waals surface area (Å²) in [5.41, 5.74) is 5.42. The molecule has 2 fully saturated rings. The quantitative estimate of drug-likeness (QED) is 0.175. The Morgan fingerprint density at radius 3 is 2.08 bits per heavy atom. The highest BCUT2D eigenvalue weighted by molar-refractivity contribution is 5.90. The summed E-state index contributed by atoms with van der Waals surface area (Å²) in [6.45, 7) is 6.87. The van der Waals surface area contributed by atoms with Crippen molar-refractivity contribution in [3.63, 3.8) is 0 Å². The maximum absolute atomic E-state index is 13.0. The fourth-order valence-electron chi connectivity index (χ4n) is 6.93. The molecule has 0 saturated carbocycles. The maximum Gasteiger partial charge on any atom is 0.410 e. The van der Waals surface area contributed by atoms with Crippen LogP contribution in [0.3, 0.4) is 0 Å². The molecule has 2 aliphatic rings. The Balaban J connectivity index is 1.06. The highest BCUT2D eigenvalue weighted by Gasteiger charge is 2.33. The number of hydrogen-bond acceptors (Lipinski definition) is 5. The Morgan fingerprint density at radius 1 is 0.792 bits per heavy atom. The first-order valence-corrected chi connectivity index (χ1v) is 16.9. The number of likely N-dealkylation sites (tertiary alicyclic amines) is 2. The molecule has 2 atom stereocenters. The molecular formula is C38H42N6O4. The predicted molar refractivity (Wildman–Crippen MR) is 185 cm³/mol. The van der Waals surface area contributed by atoms with E-state index in [4.69, 9.17) is 9.72 Å². The first-order chi connectivity index (χ1) is 23.1. The van der Waals surface area contributed by atoms with Crippen molar-refractivity contribution >= 4 is 23.0 Å². The van der Waals surface area contributed by atoms with E-state index < -0.39 is 11.7 Å². The van der Waals surface area contributed by atoms with E-state index in [1.165, 1.54) is 4.90 Å². The smallest absolute Gasteiger partial charge is 0.410 e. The topological polar surface area (TPSA) is 127 Å². The van der Waals surface area contributed by atoms with Gasteiger partial charge in [0.2, 0.25) is 0 Å². The molecule has 7 rings (SSSR count). The lowest BCUT2D eigenvalue weighted by molar-refractivity contribution is 0.00853. The predicted octanol–water partition coefficient (Wildman–Crippen LogP) is 8.95. The second kappa shape index (κ2) is 12.8. The second-order valence-electron chi connectivity index (χ2n) is 13.9. The van der Waals surface area contributed by atoms with E-state index >= 15 is 0 Å². The molecule has 5 aromatic rings. The molecule has 0 spiro atoms. The first-order valence-electron chi connectivity index (χ1n) is 16.9. The van der Waals surface area contributed by atoms with E-state index in [2.05, 4.69) is 75.6 Å². The lowest BCUT2D eigenvalue weighted by Gasteiger charge is -2.35. The molecule has 10 nitrogen and oxygen atoms in total. The number of hydrogen-bond donors (Lipinski definition) is 3. The van der Waals surface area contributed by atoms with Crippen LogP contribution in [0.2, 0.25) is 0 Å². The van der Waals surface area contributed by atoms with Crippen LogP contribution in [-0.2, 0) is 4.74 Å². The molecule has 10 heteroatoms. The Hall–Kier alpha value is -5.12. The fourth-order valence-corrected chi connectivity index (χ4v) is 6.93. The molecule has 4 heterocycles. The number of fused-ring (bicyclic) bond motifs is 1. The van der Waals surface area contributed by atoms with E-state index in [-0.39, 0.29) is 18.2 Å². The molecule has 2 aromatic heterocycles. The average Bonchev–Trinajstić information content (AvgIpc) is 3.78. The van der Waals surface area contributed by atoms with Gasteiger partial charge in [-0.3, -0.25) is 9.80 Å². The molecule has 2 aliphatic heterocycles. The highest BCUT2D eigenvalue weighted by Crippen LogP contribution is 2.34. The number of rotatable bonds is 5. The fraction of sp³-hybridized carbons (Fsp3) is 0.368. The minimum absolute atomic E-state index is 0.133. The molecule has 0 radical (unpaired) electrons. The lowest BCUT2D eigenvalue weighted by atomic mass is 9.98. The van der Waals surface area contributed by atoms with Crippen molar-refractivity contribution < 1.29 is 19.4 Å². The summed E-state index contributed by atoms with van der Waals surface area (Å²) in [6.07, 6.45) is 8.04. The third-order valence-corrected chi connectivity index (χ3v) is 9.37. The van der Waals surface area contributed by atoms with Crippen LogP contribution in [0.25, 0.3) is 44.4 Å². The van der Waals surface area contributed by atoms with Crippen LogP contribution in [0, 0.1) is 0 Å². The van der Waals surface area contributed by atoms with Gasteiger partial charge in [-0.25, -0.2) is 19.6 Å². The van der Waals surface area contributed by atoms with E-state index in [0.29, 0.717) is 18.9 Å². The van der Waals surface area contributed by atoms with Gasteiger partial charge < -0.3 is 19.8 Å². The number of amides is 2. The summed E-state index contributed by atoms with van der Waals surface area (Å²) in [6, 6.07) is 20.8. The Bertz CT molecular complexity index is 1940. The standard InChI is InChI=1S/C38H42N6O4/c1-38(2,3)48-37(47)44-19-7-5-9-33(44)35-40-23-31(42-35)29-17-16-27-20-26(14-15-28(27)21-29)24-10-12-25(13-11-24)30-22-39-34(41-30)32-8-4-6-18-43(32)36(45)46/h10-17,20-23,32-33H,4-9,18-19H2,1-3H3,(H,39,41)(H,40,42)(H,45,46)/t32?,33-/m0/s1. The molecule has 0 bridgehead atoms. The highest BCUT2D eigenvalue weighted by atomic mass is 16.6. The van der Waals surface area contributed by atoms with Crippen LogP contribution >= 0.6 is 0 Å². The zero-order chi connectivity index (χ0) is 33.4. The van der Waals surface area contributed by atoms with E-state index in [1.54, 1.807) is 6.20 Å². The zero-order valence-electron chi connectivity index (χ0n) is 27.7. The molecule has 2 saturated heterocycles. The van der Waals surface area contributed by atoms with Crippen molar-refractivity contribution in [3.05, 3.63) is 84.7 Å². The summed E-state index contributed by atoms with van der Waals surface area (Å²) in [5, 5.41) is 11.9. The number of nitrogens with zero attached hydrogens (tertiary/aromatic N) is 4. The SMILES string of the molecule is CC(C)(C)OC(=O)N1CCCC[C@H]1c1nc(-c2ccc3cc(-c4ccc(-c5cnc(C6CCCCN6C(=O)O)[nH]5)cc4)ccc3c2)c[nH]1. The van der Waals surface area contributed by atoms with Gasteiger partial charge >= 0.3 is 12.2 Å². The van der Waals surface area contributed by atoms with Gasteiger partial charge in [0.25, 0.3) is 0 Å². The number of aromatic nitrogens is 4. The molecule has 3 N–H and O–H groups in total. The summed E-state index contributed by atoms with van der Waals surface area (Å²) in [4.78, 5) is 44.2. The maximum atomic E-state index is 13.0. The van der Waals surface area contributed by atoms with Crippen molar-refractivity contribution in [3.8, 4) is 33.6 Å². The molecular weight excluding hydrogens is 604 g/mol. The van der Waals surface area contributed by atoms with Crippen molar-refractivity contribution in [2.45, 2.75) is 77.0 Å². The van der Waals surface area contributed by atoms with Crippen molar-refractivity contribution in [2.24, 2.45) is 0 Å². The number of carboxylic acid groups (broad SMARTS) is 1. The van der Waals surface area contributed by atoms with Crippen LogP contribution in [0.1, 0.15) is 83.0 Å². The number of aromatic amines is 2. The molecule has 1 unspecified atom stereocenters. The number of carbonyl (C=O) groups is 2. The van der Waals surface area contributed by atoms with Gasteiger partial charge in [0, 0.05) is 24.8 Å². The third-order valence-electron chi connectivity index (χ3n) is 9.37.